The SMILES string of the molecule is O=C(CCc1c[nH]c2ccccc12)NC1CCN(C(=O)N2CCCC2)CC1. The molecule has 2 saturated heterocycles. The third kappa shape index (κ3) is 4.10. The second-order valence-corrected chi connectivity index (χ2v) is 7.67. The van der Waals surface area contributed by atoms with Crippen molar-refractivity contribution in [3.8, 4) is 0 Å². The summed E-state index contributed by atoms with van der Waals surface area (Å²) in [5, 5.41) is 4.35. The number of aromatic nitrogens is 1. The zero-order valence-corrected chi connectivity index (χ0v) is 15.7. The Hall–Kier alpha value is -2.50. The van der Waals surface area contributed by atoms with Gasteiger partial charge in [-0.05, 0) is 43.7 Å². The number of hydrogen-bond donors (Lipinski definition) is 2. The van der Waals surface area contributed by atoms with E-state index in [0.717, 1.165) is 63.8 Å². The number of hydrogen-bond acceptors (Lipinski definition) is 2. The number of carbonyl (C=O) groups is 2. The largest absolute Gasteiger partial charge is 0.361 e. The fourth-order valence-electron chi connectivity index (χ4n) is 4.21. The average molecular weight is 368 g/mol. The Balaban J connectivity index is 1.22. The predicted molar refractivity (Wildman–Crippen MR) is 106 cm³/mol. The van der Waals surface area contributed by atoms with E-state index in [4.69, 9.17) is 0 Å². The van der Waals surface area contributed by atoms with E-state index in [1.54, 1.807) is 0 Å². The summed E-state index contributed by atoms with van der Waals surface area (Å²) in [6, 6.07) is 8.54. The van der Waals surface area contributed by atoms with E-state index in [1.807, 2.05) is 28.1 Å². The van der Waals surface area contributed by atoms with Crippen LogP contribution in [-0.4, -0.2) is 58.9 Å². The van der Waals surface area contributed by atoms with Crippen LogP contribution in [0.2, 0.25) is 0 Å². The number of fused-ring (bicyclic) bond motifs is 1. The van der Waals surface area contributed by atoms with Gasteiger partial charge in [-0.15, -0.1) is 0 Å². The molecule has 1 aromatic carbocycles. The van der Waals surface area contributed by atoms with Crippen LogP contribution >= 0.6 is 0 Å². The van der Waals surface area contributed by atoms with Gasteiger partial charge in [-0.25, -0.2) is 4.79 Å². The van der Waals surface area contributed by atoms with Crippen LogP contribution in [0.3, 0.4) is 0 Å². The number of H-pyrrole nitrogens is 1. The number of para-hydroxylation sites is 1. The number of aryl methyl sites for hydroxylation is 1. The first kappa shape index (κ1) is 17.9. The van der Waals surface area contributed by atoms with Crippen molar-refractivity contribution < 1.29 is 9.59 Å². The highest BCUT2D eigenvalue weighted by molar-refractivity contribution is 5.84. The van der Waals surface area contributed by atoms with E-state index in [-0.39, 0.29) is 18.0 Å². The summed E-state index contributed by atoms with van der Waals surface area (Å²) in [6.07, 6.45) is 7.16. The van der Waals surface area contributed by atoms with E-state index < -0.39 is 0 Å². The lowest BCUT2D eigenvalue weighted by Gasteiger charge is -2.34. The van der Waals surface area contributed by atoms with Gasteiger partial charge in [0.05, 0.1) is 0 Å². The van der Waals surface area contributed by atoms with Crippen molar-refractivity contribution in [2.75, 3.05) is 26.2 Å². The molecular formula is C21H28N4O2. The molecule has 0 spiro atoms. The molecule has 2 aromatic rings. The van der Waals surface area contributed by atoms with E-state index >= 15 is 0 Å². The van der Waals surface area contributed by atoms with Gasteiger partial charge >= 0.3 is 6.03 Å². The van der Waals surface area contributed by atoms with Crippen molar-refractivity contribution in [2.45, 2.75) is 44.6 Å². The molecule has 4 rings (SSSR count). The van der Waals surface area contributed by atoms with E-state index in [2.05, 4.69) is 22.4 Å². The highest BCUT2D eigenvalue weighted by Gasteiger charge is 2.28. The molecule has 2 aliphatic heterocycles. The molecule has 144 valence electrons. The normalized spacial score (nSPS) is 18.2. The number of benzene rings is 1. The number of rotatable bonds is 4. The lowest BCUT2D eigenvalue weighted by Crippen LogP contribution is -2.50. The maximum Gasteiger partial charge on any atom is 0.319 e. The Kier molecular flexibility index (Phi) is 5.32. The smallest absolute Gasteiger partial charge is 0.319 e. The highest BCUT2D eigenvalue weighted by atomic mass is 16.2. The van der Waals surface area contributed by atoms with Crippen molar-refractivity contribution in [3.05, 3.63) is 36.0 Å². The third-order valence-corrected chi connectivity index (χ3v) is 5.80. The van der Waals surface area contributed by atoms with Crippen LogP contribution in [0.5, 0.6) is 0 Å². The molecule has 2 fully saturated rings. The van der Waals surface area contributed by atoms with Crippen LogP contribution in [0.15, 0.2) is 30.5 Å². The fourth-order valence-corrected chi connectivity index (χ4v) is 4.21. The summed E-state index contributed by atoms with van der Waals surface area (Å²) in [5.74, 6) is 0.101. The van der Waals surface area contributed by atoms with Gasteiger partial charge in [0.1, 0.15) is 0 Å². The molecule has 0 aliphatic carbocycles. The second kappa shape index (κ2) is 8.03. The van der Waals surface area contributed by atoms with Crippen LogP contribution < -0.4 is 5.32 Å². The van der Waals surface area contributed by atoms with Gasteiger partial charge in [0.25, 0.3) is 0 Å². The number of piperidine rings is 1. The molecule has 1 aromatic heterocycles. The Morgan fingerprint density at radius 1 is 1.04 bits per heavy atom. The van der Waals surface area contributed by atoms with Crippen LogP contribution in [0.25, 0.3) is 10.9 Å². The van der Waals surface area contributed by atoms with Gasteiger partial charge in [0.2, 0.25) is 5.91 Å². The van der Waals surface area contributed by atoms with Crippen molar-refractivity contribution in [1.29, 1.82) is 0 Å². The number of nitrogens with one attached hydrogen (secondary N) is 2. The van der Waals surface area contributed by atoms with Crippen LogP contribution in [0.4, 0.5) is 4.79 Å². The highest BCUT2D eigenvalue weighted by Crippen LogP contribution is 2.19. The maximum atomic E-state index is 12.4. The van der Waals surface area contributed by atoms with Gasteiger partial charge in [-0.1, -0.05) is 18.2 Å². The first-order valence-corrected chi connectivity index (χ1v) is 10.1. The van der Waals surface area contributed by atoms with Gasteiger partial charge in [0, 0.05) is 55.7 Å². The summed E-state index contributed by atoms with van der Waals surface area (Å²) < 4.78 is 0. The topological polar surface area (TPSA) is 68.4 Å². The lowest BCUT2D eigenvalue weighted by molar-refractivity contribution is -0.122. The summed E-state index contributed by atoms with van der Waals surface area (Å²) in [7, 11) is 0. The molecule has 0 radical (unpaired) electrons. The molecule has 0 saturated carbocycles. The van der Waals surface area contributed by atoms with Crippen LogP contribution in [-0.2, 0) is 11.2 Å². The molecule has 3 amide bonds. The number of aromatic amines is 1. The minimum atomic E-state index is 0.101. The number of carbonyl (C=O) groups excluding carboxylic acids is 2. The molecule has 3 heterocycles. The predicted octanol–water partition coefficient (Wildman–Crippen LogP) is 2.90. The standard InChI is InChI=1S/C21H28N4O2/c26-20(8-7-16-15-22-19-6-2-1-5-18(16)19)23-17-9-13-25(14-10-17)21(27)24-11-3-4-12-24/h1-2,5-6,15,17,22H,3-4,7-14H2,(H,23,26). The summed E-state index contributed by atoms with van der Waals surface area (Å²) in [4.78, 5) is 32.0. The van der Waals surface area contributed by atoms with Crippen LogP contribution in [0, 0.1) is 0 Å². The fraction of sp³-hybridized carbons (Fsp3) is 0.524. The van der Waals surface area contributed by atoms with Gasteiger partial charge in [-0.3, -0.25) is 4.79 Å². The number of urea groups is 1. The van der Waals surface area contributed by atoms with Gasteiger partial charge < -0.3 is 20.1 Å². The second-order valence-electron chi connectivity index (χ2n) is 7.67. The number of nitrogens with zero attached hydrogens (tertiary/aromatic N) is 2. The quantitative estimate of drug-likeness (QED) is 0.871. The minimum Gasteiger partial charge on any atom is -0.361 e. The zero-order chi connectivity index (χ0) is 18.6. The Bertz CT molecular complexity index is 801. The Labute approximate surface area is 159 Å². The molecule has 6 nitrogen and oxygen atoms in total. The number of likely N-dealkylation sites (tertiary alicyclic amines) is 2. The lowest BCUT2D eigenvalue weighted by atomic mass is 10.0. The third-order valence-electron chi connectivity index (χ3n) is 5.80. The zero-order valence-electron chi connectivity index (χ0n) is 15.7. The summed E-state index contributed by atoms with van der Waals surface area (Å²) in [5.41, 5.74) is 2.30. The Morgan fingerprint density at radius 3 is 2.52 bits per heavy atom. The molecule has 0 unspecified atom stereocenters. The van der Waals surface area contributed by atoms with E-state index in [0.29, 0.717) is 6.42 Å². The van der Waals surface area contributed by atoms with Gasteiger partial charge in [0.15, 0.2) is 0 Å². The Morgan fingerprint density at radius 2 is 1.74 bits per heavy atom. The van der Waals surface area contributed by atoms with Crippen molar-refractivity contribution in [2.24, 2.45) is 0 Å². The van der Waals surface area contributed by atoms with Crippen molar-refractivity contribution >= 4 is 22.8 Å². The maximum absolute atomic E-state index is 12.4. The van der Waals surface area contributed by atoms with Gasteiger partial charge in [-0.2, -0.15) is 0 Å². The molecular weight excluding hydrogens is 340 g/mol. The molecule has 2 N–H and O–H groups in total. The molecule has 2 aliphatic rings. The minimum absolute atomic E-state index is 0.101. The monoisotopic (exact) mass is 368 g/mol. The molecule has 27 heavy (non-hydrogen) atoms. The molecule has 0 bridgehead atoms. The summed E-state index contributed by atoms with van der Waals surface area (Å²) >= 11 is 0. The van der Waals surface area contributed by atoms with Crippen molar-refractivity contribution in [3.63, 3.8) is 0 Å². The van der Waals surface area contributed by atoms with Crippen LogP contribution in [0.1, 0.15) is 37.7 Å². The molecule has 6 heteroatoms. The summed E-state index contributed by atoms with van der Waals surface area (Å²) in [6.45, 7) is 3.26. The average Bonchev–Trinajstić information content (AvgIpc) is 3.37. The number of amides is 3. The first-order chi connectivity index (χ1) is 13.2. The first-order valence-electron chi connectivity index (χ1n) is 10.1. The van der Waals surface area contributed by atoms with Crippen molar-refractivity contribution in [1.82, 2.24) is 20.1 Å². The van der Waals surface area contributed by atoms with E-state index in [1.165, 1.54) is 10.9 Å². The molecule has 0 atom stereocenters. The van der Waals surface area contributed by atoms with E-state index in [9.17, 15) is 9.59 Å².